The van der Waals surface area contributed by atoms with Crippen molar-refractivity contribution >= 4 is 5.91 Å². The van der Waals surface area contributed by atoms with Gasteiger partial charge in [-0.3, -0.25) is 4.79 Å². The second-order valence-electron chi connectivity index (χ2n) is 1.63. The number of nitrogens with two attached hydrogens (primary N) is 1. The molecule has 5 nitrogen and oxygen atoms in total. The Labute approximate surface area is 59.1 Å². The molecule has 0 bridgehead atoms. The molecule has 0 aliphatic rings. The van der Waals surface area contributed by atoms with Crippen molar-refractivity contribution in [1.29, 1.82) is 0 Å². The second kappa shape index (κ2) is 8.35. The van der Waals surface area contributed by atoms with Gasteiger partial charge < -0.3 is 21.1 Å². The molecule has 5 N–H and O–H groups in total. The Bertz CT molecular complexity index is 77.7. The lowest BCUT2D eigenvalue weighted by Gasteiger charge is -1.96. The summed E-state index contributed by atoms with van der Waals surface area (Å²) in [4.78, 5) is 9.22. The summed E-state index contributed by atoms with van der Waals surface area (Å²) in [6.45, 7) is 0.576. The zero-order valence-electron chi connectivity index (χ0n) is 5.82. The Morgan fingerprint density at radius 1 is 1.50 bits per heavy atom. The minimum Gasteiger partial charge on any atom is -0.394 e. The molecule has 0 spiro atoms. The molecule has 0 atom stereocenters. The fourth-order valence-electron chi connectivity index (χ4n) is 0.0577. The maximum atomic E-state index is 9.22. The van der Waals surface area contributed by atoms with E-state index in [1.54, 1.807) is 0 Å². The van der Waals surface area contributed by atoms with Crippen LogP contribution in [0.25, 0.3) is 0 Å². The van der Waals surface area contributed by atoms with E-state index in [-0.39, 0.29) is 19.1 Å². The van der Waals surface area contributed by atoms with Gasteiger partial charge in [-0.1, -0.05) is 0 Å². The van der Waals surface area contributed by atoms with Crippen LogP contribution in [0.4, 0.5) is 0 Å². The SMILES string of the molecule is CC(N)=O.OCC(O)CO. The molecule has 62 valence electrons. The minimum atomic E-state index is -0.954. The summed E-state index contributed by atoms with van der Waals surface area (Å²) in [5, 5.41) is 24.0. The fourth-order valence-corrected chi connectivity index (χ4v) is 0.0577. The van der Waals surface area contributed by atoms with Gasteiger partial charge in [0.05, 0.1) is 13.2 Å². The molecule has 0 aromatic rings. The van der Waals surface area contributed by atoms with Gasteiger partial charge in [-0.2, -0.15) is 0 Å². The molecule has 0 aromatic carbocycles. The molecule has 0 heterocycles. The molecule has 0 fully saturated rings. The highest BCUT2D eigenvalue weighted by Crippen LogP contribution is 1.71. The van der Waals surface area contributed by atoms with E-state index in [4.69, 9.17) is 15.3 Å². The zero-order valence-corrected chi connectivity index (χ0v) is 5.82. The third-order valence-corrected chi connectivity index (χ3v) is 0.421. The number of amides is 1. The van der Waals surface area contributed by atoms with E-state index in [1.807, 2.05) is 0 Å². The molecular formula is C5H13NO4. The summed E-state index contributed by atoms with van der Waals surface area (Å²) in [7, 11) is 0. The summed E-state index contributed by atoms with van der Waals surface area (Å²) in [6, 6.07) is 0. The van der Waals surface area contributed by atoms with Crippen molar-refractivity contribution in [3.05, 3.63) is 0 Å². The van der Waals surface area contributed by atoms with Crippen molar-refractivity contribution in [2.75, 3.05) is 13.2 Å². The molecule has 0 saturated heterocycles. The van der Waals surface area contributed by atoms with Crippen molar-refractivity contribution in [3.8, 4) is 0 Å². The zero-order chi connectivity index (χ0) is 8.57. The van der Waals surface area contributed by atoms with Crippen molar-refractivity contribution in [1.82, 2.24) is 0 Å². The maximum absolute atomic E-state index is 9.22. The van der Waals surface area contributed by atoms with Crippen LogP contribution in [0.15, 0.2) is 0 Å². The van der Waals surface area contributed by atoms with Crippen LogP contribution in [0.5, 0.6) is 0 Å². The van der Waals surface area contributed by atoms with E-state index in [9.17, 15) is 4.79 Å². The molecule has 0 aromatic heterocycles. The number of hydrogen-bond donors (Lipinski definition) is 4. The van der Waals surface area contributed by atoms with E-state index in [2.05, 4.69) is 5.73 Å². The third-order valence-electron chi connectivity index (χ3n) is 0.421. The monoisotopic (exact) mass is 151 g/mol. The minimum absolute atomic E-state index is 0.333. The van der Waals surface area contributed by atoms with Crippen LogP contribution in [0, 0.1) is 0 Å². The van der Waals surface area contributed by atoms with Gasteiger partial charge in [-0.15, -0.1) is 0 Å². The lowest BCUT2D eigenvalue weighted by molar-refractivity contribution is -0.115. The number of aliphatic hydroxyl groups is 3. The third kappa shape index (κ3) is 26.4. The number of carbonyl (C=O) groups is 1. The van der Waals surface area contributed by atoms with E-state index >= 15 is 0 Å². The molecule has 5 heteroatoms. The average molecular weight is 151 g/mol. The predicted molar refractivity (Wildman–Crippen MR) is 35.0 cm³/mol. The summed E-state index contributed by atoms with van der Waals surface area (Å²) in [5.41, 5.74) is 4.47. The van der Waals surface area contributed by atoms with Gasteiger partial charge >= 0.3 is 0 Å². The molecule has 0 aliphatic carbocycles. The van der Waals surface area contributed by atoms with Crippen molar-refractivity contribution < 1.29 is 20.1 Å². The van der Waals surface area contributed by atoms with Crippen molar-refractivity contribution in [2.45, 2.75) is 13.0 Å². The van der Waals surface area contributed by atoms with Crippen LogP contribution in [0.1, 0.15) is 6.92 Å². The van der Waals surface area contributed by atoms with Crippen LogP contribution >= 0.6 is 0 Å². The van der Waals surface area contributed by atoms with Gasteiger partial charge in [0.2, 0.25) is 5.91 Å². The first-order chi connectivity index (χ1) is 4.54. The molecule has 0 rings (SSSR count). The van der Waals surface area contributed by atoms with E-state index in [1.165, 1.54) is 6.92 Å². The first-order valence-electron chi connectivity index (χ1n) is 2.70. The highest BCUT2D eigenvalue weighted by atomic mass is 16.3. The smallest absolute Gasteiger partial charge is 0.214 e. The molecular weight excluding hydrogens is 138 g/mol. The van der Waals surface area contributed by atoms with Crippen LogP contribution in [0.3, 0.4) is 0 Å². The first kappa shape index (κ1) is 12.1. The summed E-state index contributed by atoms with van der Waals surface area (Å²) < 4.78 is 0. The molecule has 0 unspecified atom stereocenters. The Morgan fingerprint density at radius 2 is 1.70 bits per heavy atom. The lowest BCUT2D eigenvalue weighted by Crippen LogP contribution is -2.15. The highest BCUT2D eigenvalue weighted by molar-refractivity contribution is 5.70. The normalized spacial score (nSPS) is 8.50. The topological polar surface area (TPSA) is 104 Å². The first-order valence-corrected chi connectivity index (χ1v) is 2.70. The summed E-state index contributed by atoms with van der Waals surface area (Å²) >= 11 is 0. The number of aliphatic hydroxyl groups excluding tert-OH is 3. The Kier molecular flexibility index (Phi) is 10.1. The van der Waals surface area contributed by atoms with Crippen LogP contribution < -0.4 is 5.73 Å². The Balaban J connectivity index is 0. The van der Waals surface area contributed by atoms with Crippen molar-refractivity contribution in [2.24, 2.45) is 5.73 Å². The fraction of sp³-hybridized carbons (Fsp3) is 0.800. The number of primary amides is 1. The molecule has 10 heavy (non-hydrogen) atoms. The maximum Gasteiger partial charge on any atom is 0.214 e. The van der Waals surface area contributed by atoms with E-state index < -0.39 is 6.10 Å². The molecule has 0 radical (unpaired) electrons. The largest absolute Gasteiger partial charge is 0.394 e. The highest BCUT2D eigenvalue weighted by Gasteiger charge is 1.93. The number of rotatable bonds is 2. The van der Waals surface area contributed by atoms with Gasteiger partial charge in [0.1, 0.15) is 6.10 Å². The van der Waals surface area contributed by atoms with Gasteiger partial charge in [0.15, 0.2) is 0 Å². The van der Waals surface area contributed by atoms with Crippen LogP contribution in [-0.4, -0.2) is 40.5 Å². The number of hydrogen-bond acceptors (Lipinski definition) is 4. The van der Waals surface area contributed by atoms with Gasteiger partial charge in [0.25, 0.3) is 0 Å². The Morgan fingerprint density at radius 3 is 1.70 bits per heavy atom. The molecule has 1 amide bonds. The van der Waals surface area contributed by atoms with Gasteiger partial charge in [-0.25, -0.2) is 0 Å². The standard InChI is InChI=1S/C3H8O3.C2H5NO/c4-1-3(6)2-5;1-2(3)4/h3-6H,1-2H2;1H3,(H2,3,4). The second-order valence-corrected chi connectivity index (χ2v) is 1.63. The molecule has 0 saturated carbocycles. The van der Waals surface area contributed by atoms with Crippen LogP contribution in [-0.2, 0) is 4.79 Å². The summed E-state index contributed by atoms with van der Waals surface area (Å²) in [6.07, 6.45) is -0.954. The van der Waals surface area contributed by atoms with Crippen molar-refractivity contribution in [3.63, 3.8) is 0 Å². The number of carbonyl (C=O) groups excluding carboxylic acids is 1. The predicted octanol–water partition coefficient (Wildman–Crippen LogP) is -2.18. The average Bonchev–Trinajstić information content (AvgIpc) is 1.85. The van der Waals surface area contributed by atoms with Gasteiger partial charge in [0, 0.05) is 6.92 Å². The lowest BCUT2D eigenvalue weighted by atomic mass is 10.4. The summed E-state index contributed by atoms with van der Waals surface area (Å²) in [5.74, 6) is -0.333. The van der Waals surface area contributed by atoms with Crippen LogP contribution in [0.2, 0.25) is 0 Å². The molecule has 0 aliphatic heterocycles. The van der Waals surface area contributed by atoms with Gasteiger partial charge in [-0.05, 0) is 0 Å². The quantitative estimate of drug-likeness (QED) is 0.360. The Hall–Kier alpha value is -0.650. The van der Waals surface area contributed by atoms with E-state index in [0.717, 1.165) is 0 Å². The van der Waals surface area contributed by atoms with E-state index in [0.29, 0.717) is 0 Å².